The van der Waals surface area contributed by atoms with E-state index in [4.69, 9.17) is 20.9 Å². The summed E-state index contributed by atoms with van der Waals surface area (Å²) in [7, 11) is -0.291. The smallest absolute Gasteiger partial charge is 0.399 e. The van der Waals surface area contributed by atoms with Gasteiger partial charge < -0.3 is 9.31 Å². The SMILES string of the molecule is Cc1cc(B2OC(C)(C)C(C)(C)O2)sc1Cl. The minimum absolute atomic E-state index is 0.290. The lowest BCUT2D eigenvalue weighted by Gasteiger charge is -2.32. The lowest BCUT2D eigenvalue weighted by molar-refractivity contribution is 0.00578. The number of halogens is 1. The zero-order valence-corrected chi connectivity index (χ0v) is 11.8. The molecule has 2 heterocycles. The van der Waals surface area contributed by atoms with Gasteiger partial charge in [0.25, 0.3) is 0 Å². The highest BCUT2D eigenvalue weighted by Gasteiger charge is 2.52. The number of thiophene rings is 1. The third-order valence-electron chi connectivity index (χ3n) is 3.36. The second kappa shape index (κ2) is 3.74. The Balaban J connectivity index is 2.27. The Morgan fingerprint density at radius 3 is 2.06 bits per heavy atom. The van der Waals surface area contributed by atoms with E-state index in [1.807, 2.05) is 13.0 Å². The number of hydrogen-bond donors (Lipinski definition) is 0. The first kappa shape index (κ1) is 12.4. The molecule has 1 aliphatic heterocycles. The minimum atomic E-state index is -0.291. The van der Waals surface area contributed by atoms with Gasteiger partial charge in [-0.3, -0.25) is 0 Å². The minimum Gasteiger partial charge on any atom is -0.399 e. The van der Waals surface area contributed by atoms with E-state index < -0.39 is 0 Å². The van der Waals surface area contributed by atoms with Crippen molar-refractivity contribution in [3.8, 4) is 0 Å². The second-order valence-electron chi connectivity index (χ2n) is 5.19. The summed E-state index contributed by atoms with van der Waals surface area (Å²) in [6, 6.07) is 2.04. The molecule has 0 amide bonds. The highest BCUT2D eigenvalue weighted by Crippen LogP contribution is 2.37. The quantitative estimate of drug-likeness (QED) is 0.721. The summed E-state index contributed by atoms with van der Waals surface area (Å²) in [4.78, 5) is 0. The summed E-state index contributed by atoms with van der Waals surface area (Å²) < 4.78 is 13.7. The van der Waals surface area contributed by atoms with Crippen molar-refractivity contribution in [3.63, 3.8) is 0 Å². The van der Waals surface area contributed by atoms with E-state index in [0.717, 1.165) is 14.7 Å². The molecule has 1 fully saturated rings. The van der Waals surface area contributed by atoms with Crippen molar-refractivity contribution in [2.75, 3.05) is 0 Å². The van der Waals surface area contributed by atoms with Crippen molar-refractivity contribution < 1.29 is 9.31 Å². The molecule has 0 saturated carbocycles. The van der Waals surface area contributed by atoms with Gasteiger partial charge in [0, 0.05) is 4.78 Å². The lowest BCUT2D eigenvalue weighted by Crippen LogP contribution is -2.41. The molecule has 0 bridgehead atoms. The van der Waals surface area contributed by atoms with Gasteiger partial charge in [0.1, 0.15) is 0 Å². The van der Waals surface area contributed by atoms with Crippen molar-refractivity contribution in [3.05, 3.63) is 16.0 Å². The van der Waals surface area contributed by atoms with Gasteiger partial charge in [-0.2, -0.15) is 0 Å². The van der Waals surface area contributed by atoms with Crippen LogP contribution in [0.5, 0.6) is 0 Å². The molecule has 0 aliphatic carbocycles. The van der Waals surface area contributed by atoms with Gasteiger partial charge in [0.15, 0.2) is 0 Å². The number of hydrogen-bond acceptors (Lipinski definition) is 3. The highest BCUT2D eigenvalue weighted by molar-refractivity contribution is 7.25. The largest absolute Gasteiger partial charge is 0.505 e. The molecule has 2 rings (SSSR count). The Labute approximate surface area is 106 Å². The molecule has 2 nitrogen and oxygen atoms in total. The predicted octanol–water partition coefficient (Wildman–Crippen LogP) is 3.01. The summed E-state index contributed by atoms with van der Waals surface area (Å²) in [5, 5.41) is 0. The van der Waals surface area contributed by atoms with Gasteiger partial charge in [0.2, 0.25) is 0 Å². The molecule has 88 valence electrons. The molecule has 16 heavy (non-hydrogen) atoms. The molecule has 5 heteroatoms. The molecule has 0 unspecified atom stereocenters. The zero-order valence-electron chi connectivity index (χ0n) is 10.3. The molecular weight excluding hydrogens is 242 g/mol. The summed E-state index contributed by atoms with van der Waals surface area (Å²) >= 11 is 7.59. The van der Waals surface area contributed by atoms with Gasteiger partial charge in [0.05, 0.1) is 15.5 Å². The molecular formula is C11H16BClO2S. The Kier molecular flexibility index (Phi) is 2.90. The number of rotatable bonds is 1. The Bertz CT molecular complexity index is 379. The van der Waals surface area contributed by atoms with Crippen LogP contribution in [0.1, 0.15) is 33.3 Å². The molecule has 1 saturated heterocycles. The van der Waals surface area contributed by atoms with Crippen molar-refractivity contribution in [1.29, 1.82) is 0 Å². The molecule has 1 aliphatic rings. The average Bonchev–Trinajstić information content (AvgIpc) is 2.54. The summed E-state index contributed by atoms with van der Waals surface area (Å²) in [6.07, 6.45) is 0. The van der Waals surface area contributed by atoms with Crippen LogP contribution in [0.25, 0.3) is 0 Å². The standard InChI is InChI=1S/C11H16BClO2S/c1-7-6-8(16-9(7)13)12-14-10(2,3)11(4,5)15-12/h6H,1-5H3. The second-order valence-corrected chi connectivity index (χ2v) is 6.88. The van der Waals surface area contributed by atoms with Crippen LogP contribution in [0, 0.1) is 6.92 Å². The van der Waals surface area contributed by atoms with E-state index in [1.54, 1.807) is 0 Å². The van der Waals surface area contributed by atoms with Gasteiger partial charge >= 0.3 is 7.12 Å². The van der Waals surface area contributed by atoms with Crippen LogP contribution in [0.3, 0.4) is 0 Å². The summed E-state index contributed by atoms with van der Waals surface area (Å²) in [5.41, 5.74) is 0.501. The van der Waals surface area contributed by atoms with Crippen LogP contribution in [-0.2, 0) is 9.31 Å². The molecule has 0 spiro atoms. The van der Waals surface area contributed by atoms with Crippen LogP contribution in [-0.4, -0.2) is 18.3 Å². The van der Waals surface area contributed by atoms with Crippen LogP contribution in [0.4, 0.5) is 0 Å². The van der Waals surface area contributed by atoms with Crippen LogP contribution < -0.4 is 4.78 Å². The van der Waals surface area contributed by atoms with Crippen molar-refractivity contribution >= 4 is 34.8 Å². The fourth-order valence-electron chi connectivity index (χ4n) is 1.56. The van der Waals surface area contributed by atoms with E-state index >= 15 is 0 Å². The first-order valence-corrected chi connectivity index (χ1v) is 6.54. The molecule has 1 aromatic heterocycles. The van der Waals surface area contributed by atoms with E-state index in [2.05, 4.69) is 27.7 Å². The van der Waals surface area contributed by atoms with Crippen molar-refractivity contribution in [1.82, 2.24) is 0 Å². The maximum atomic E-state index is 6.06. The zero-order chi connectivity index (χ0) is 12.1. The molecule has 1 aromatic rings. The van der Waals surface area contributed by atoms with E-state index in [1.165, 1.54) is 11.3 Å². The Morgan fingerprint density at radius 1 is 1.19 bits per heavy atom. The first-order valence-electron chi connectivity index (χ1n) is 5.34. The summed E-state index contributed by atoms with van der Waals surface area (Å²) in [6.45, 7) is 10.2. The topological polar surface area (TPSA) is 18.5 Å². The van der Waals surface area contributed by atoms with E-state index in [-0.39, 0.29) is 18.3 Å². The Morgan fingerprint density at radius 2 is 1.69 bits per heavy atom. The lowest BCUT2D eigenvalue weighted by atomic mass is 9.87. The molecule has 0 atom stereocenters. The third kappa shape index (κ3) is 1.92. The normalized spacial score (nSPS) is 22.8. The number of aryl methyl sites for hydroxylation is 1. The van der Waals surface area contributed by atoms with Crippen LogP contribution in [0.15, 0.2) is 6.07 Å². The van der Waals surface area contributed by atoms with Gasteiger partial charge in [-0.05, 0) is 46.2 Å². The van der Waals surface area contributed by atoms with Crippen molar-refractivity contribution in [2.24, 2.45) is 0 Å². The van der Waals surface area contributed by atoms with Gasteiger partial charge in [-0.15, -0.1) is 11.3 Å². The predicted molar refractivity (Wildman–Crippen MR) is 69.8 cm³/mol. The average molecular weight is 259 g/mol. The molecule has 0 radical (unpaired) electrons. The molecule has 0 aromatic carbocycles. The van der Waals surface area contributed by atoms with Gasteiger partial charge in [-0.1, -0.05) is 11.6 Å². The highest BCUT2D eigenvalue weighted by atomic mass is 35.5. The van der Waals surface area contributed by atoms with Gasteiger partial charge in [-0.25, -0.2) is 0 Å². The summed E-state index contributed by atoms with van der Waals surface area (Å²) in [5.74, 6) is 0. The Hall–Kier alpha value is -0.0251. The maximum Gasteiger partial charge on any atom is 0.505 e. The van der Waals surface area contributed by atoms with Crippen molar-refractivity contribution in [2.45, 2.75) is 45.8 Å². The van der Waals surface area contributed by atoms with Crippen LogP contribution in [0.2, 0.25) is 4.34 Å². The molecule has 0 N–H and O–H groups in total. The fraction of sp³-hybridized carbons (Fsp3) is 0.636. The monoisotopic (exact) mass is 258 g/mol. The fourth-order valence-corrected chi connectivity index (χ4v) is 2.74. The van der Waals surface area contributed by atoms with E-state index in [9.17, 15) is 0 Å². The first-order chi connectivity index (χ1) is 7.23. The van der Waals surface area contributed by atoms with E-state index in [0.29, 0.717) is 0 Å². The van der Waals surface area contributed by atoms with Crippen LogP contribution >= 0.6 is 22.9 Å². The maximum absolute atomic E-state index is 6.06. The third-order valence-corrected chi connectivity index (χ3v) is 4.94.